The van der Waals surface area contributed by atoms with Gasteiger partial charge in [-0.3, -0.25) is 15.1 Å². The lowest BCUT2D eigenvalue weighted by Gasteiger charge is -2.06. The molecule has 0 spiro atoms. The van der Waals surface area contributed by atoms with E-state index in [0.717, 1.165) is 11.8 Å². The van der Waals surface area contributed by atoms with Gasteiger partial charge < -0.3 is 5.32 Å². The predicted molar refractivity (Wildman–Crippen MR) is 64.6 cm³/mol. The maximum absolute atomic E-state index is 13.5. The Balaban J connectivity index is 2.08. The van der Waals surface area contributed by atoms with Crippen LogP contribution in [0.15, 0.2) is 42.6 Å². The van der Waals surface area contributed by atoms with Crippen molar-refractivity contribution in [3.8, 4) is 0 Å². The molecule has 0 fully saturated rings. The second kappa shape index (κ2) is 5.22. The molecular weight excluding hydrogens is 237 g/mol. The molecule has 0 aliphatic carbocycles. The summed E-state index contributed by atoms with van der Waals surface area (Å²) in [5.41, 5.74) is 0.706. The van der Waals surface area contributed by atoms with E-state index in [-0.39, 0.29) is 11.4 Å². The molecule has 0 aliphatic heterocycles. The summed E-state index contributed by atoms with van der Waals surface area (Å²) >= 11 is 0. The van der Waals surface area contributed by atoms with E-state index < -0.39 is 10.7 Å². The average molecular weight is 247 g/mol. The maximum atomic E-state index is 13.5. The van der Waals surface area contributed by atoms with Crippen molar-refractivity contribution in [2.24, 2.45) is 0 Å². The van der Waals surface area contributed by atoms with Crippen molar-refractivity contribution in [3.63, 3.8) is 0 Å². The number of aromatic nitrogens is 1. The van der Waals surface area contributed by atoms with Gasteiger partial charge in [-0.25, -0.2) is 4.39 Å². The molecule has 6 heteroatoms. The molecule has 0 atom stereocenters. The van der Waals surface area contributed by atoms with Crippen LogP contribution in [-0.4, -0.2) is 9.91 Å². The Bertz CT molecular complexity index is 561. The van der Waals surface area contributed by atoms with E-state index in [0.29, 0.717) is 6.54 Å². The number of hydrogen-bond donors (Lipinski definition) is 1. The first-order chi connectivity index (χ1) is 8.66. The minimum Gasteiger partial charge on any atom is -0.377 e. The molecule has 0 saturated carbocycles. The van der Waals surface area contributed by atoms with Crippen LogP contribution in [0, 0.1) is 15.9 Å². The number of halogens is 1. The lowest BCUT2D eigenvalue weighted by Crippen LogP contribution is -2.03. The van der Waals surface area contributed by atoms with Gasteiger partial charge >= 0.3 is 0 Å². The highest BCUT2D eigenvalue weighted by Gasteiger charge is 2.10. The van der Waals surface area contributed by atoms with Gasteiger partial charge in [-0.2, -0.15) is 0 Å². The summed E-state index contributed by atoms with van der Waals surface area (Å²) in [6.07, 6.45) is 1.64. The number of benzene rings is 1. The summed E-state index contributed by atoms with van der Waals surface area (Å²) in [4.78, 5) is 13.9. The smallest absolute Gasteiger partial charge is 0.272 e. The van der Waals surface area contributed by atoms with Crippen LogP contribution in [0.5, 0.6) is 0 Å². The third kappa shape index (κ3) is 2.79. The number of non-ortho nitro benzene ring substituents is 1. The zero-order valence-electron chi connectivity index (χ0n) is 9.34. The Kier molecular flexibility index (Phi) is 3.47. The lowest BCUT2D eigenvalue weighted by atomic mass is 10.2. The first kappa shape index (κ1) is 12.0. The van der Waals surface area contributed by atoms with Crippen LogP contribution in [0.3, 0.4) is 0 Å². The van der Waals surface area contributed by atoms with Gasteiger partial charge in [0.05, 0.1) is 28.9 Å². The molecule has 0 saturated heterocycles. The molecule has 92 valence electrons. The molecule has 0 amide bonds. The minimum atomic E-state index is -0.653. The van der Waals surface area contributed by atoms with Crippen LogP contribution < -0.4 is 5.32 Å². The van der Waals surface area contributed by atoms with Gasteiger partial charge in [0.2, 0.25) is 0 Å². The van der Waals surface area contributed by atoms with Crippen molar-refractivity contribution in [2.45, 2.75) is 6.54 Å². The fraction of sp³-hybridized carbons (Fsp3) is 0.0833. The molecule has 1 aromatic heterocycles. The van der Waals surface area contributed by atoms with Crippen molar-refractivity contribution in [1.82, 2.24) is 4.98 Å². The topological polar surface area (TPSA) is 68.1 Å². The third-order valence-electron chi connectivity index (χ3n) is 2.35. The monoisotopic (exact) mass is 247 g/mol. The van der Waals surface area contributed by atoms with E-state index in [1.54, 1.807) is 18.3 Å². The van der Waals surface area contributed by atoms with Crippen LogP contribution >= 0.6 is 0 Å². The second-order valence-corrected chi connectivity index (χ2v) is 3.60. The number of hydrogen-bond acceptors (Lipinski definition) is 4. The van der Waals surface area contributed by atoms with E-state index in [2.05, 4.69) is 10.3 Å². The number of anilines is 1. The number of nitrogens with one attached hydrogen (secondary N) is 1. The zero-order valence-corrected chi connectivity index (χ0v) is 9.34. The molecule has 1 aromatic carbocycles. The van der Waals surface area contributed by atoms with Crippen LogP contribution in [0.2, 0.25) is 0 Å². The van der Waals surface area contributed by atoms with Crippen LogP contribution in [-0.2, 0) is 6.54 Å². The van der Waals surface area contributed by atoms with Crippen molar-refractivity contribution in [3.05, 3.63) is 64.2 Å². The van der Waals surface area contributed by atoms with Crippen LogP contribution in [0.25, 0.3) is 0 Å². The normalized spacial score (nSPS) is 10.1. The molecule has 2 aromatic rings. The zero-order chi connectivity index (χ0) is 13.0. The fourth-order valence-electron chi connectivity index (χ4n) is 1.45. The highest BCUT2D eigenvalue weighted by molar-refractivity contribution is 5.50. The molecule has 0 radical (unpaired) electrons. The van der Waals surface area contributed by atoms with Crippen LogP contribution in [0.4, 0.5) is 15.8 Å². The molecule has 1 N–H and O–H groups in total. The Hall–Kier alpha value is -2.50. The van der Waals surface area contributed by atoms with E-state index in [4.69, 9.17) is 0 Å². The van der Waals surface area contributed by atoms with Gasteiger partial charge in [0, 0.05) is 12.3 Å². The standard InChI is InChI=1S/C12H10FN3O2/c13-11-7-10(16(17)18)4-5-12(11)15-8-9-3-1-2-6-14-9/h1-7,15H,8H2. The molecule has 18 heavy (non-hydrogen) atoms. The van der Waals surface area contributed by atoms with E-state index in [9.17, 15) is 14.5 Å². The fourth-order valence-corrected chi connectivity index (χ4v) is 1.45. The number of nitrogens with zero attached hydrogens (tertiary/aromatic N) is 2. The van der Waals surface area contributed by atoms with Crippen molar-refractivity contribution in [2.75, 3.05) is 5.32 Å². The highest BCUT2D eigenvalue weighted by atomic mass is 19.1. The van der Waals surface area contributed by atoms with Gasteiger partial charge in [0.1, 0.15) is 0 Å². The highest BCUT2D eigenvalue weighted by Crippen LogP contribution is 2.20. The summed E-state index contributed by atoms with van der Waals surface area (Å²) in [7, 11) is 0. The number of pyridine rings is 1. The summed E-state index contributed by atoms with van der Waals surface area (Å²) in [6.45, 7) is 0.357. The largest absolute Gasteiger partial charge is 0.377 e. The average Bonchev–Trinajstić information content (AvgIpc) is 2.38. The third-order valence-corrected chi connectivity index (χ3v) is 2.35. The molecule has 1 heterocycles. The van der Waals surface area contributed by atoms with Crippen LogP contribution in [0.1, 0.15) is 5.69 Å². The number of nitro groups is 1. The molecule has 0 unspecified atom stereocenters. The molecule has 5 nitrogen and oxygen atoms in total. The predicted octanol–water partition coefficient (Wildman–Crippen LogP) is 2.74. The summed E-state index contributed by atoms with van der Waals surface area (Å²) in [6, 6.07) is 8.91. The maximum Gasteiger partial charge on any atom is 0.272 e. The van der Waals surface area contributed by atoms with Gasteiger partial charge in [-0.05, 0) is 18.2 Å². The van der Waals surface area contributed by atoms with Crippen molar-refractivity contribution in [1.29, 1.82) is 0 Å². The number of nitro benzene ring substituents is 1. The summed E-state index contributed by atoms with van der Waals surface area (Å²) in [5.74, 6) is -0.653. The van der Waals surface area contributed by atoms with Gasteiger partial charge in [-0.1, -0.05) is 6.07 Å². The molecule has 2 rings (SSSR count). The Morgan fingerprint density at radius 1 is 1.33 bits per heavy atom. The first-order valence-electron chi connectivity index (χ1n) is 5.24. The van der Waals surface area contributed by atoms with Gasteiger partial charge in [0.15, 0.2) is 5.82 Å². The SMILES string of the molecule is O=[N+]([O-])c1ccc(NCc2ccccn2)c(F)c1. The molecular formula is C12H10FN3O2. The lowest BCUT2D eigenvalue weighted by molar-refractivity contribution is -0.385. The van der Waals surface area contributed by atoms with E-state index in [1.807, 2.05) is 6.07 Å². The Morgan fingerprint density at radius 3 is 2.78 bits per heavy atom. The van der Waals surface area contributed by atoms with Crippen molar-refractivity contribution >= 4 is 11.4 Å². The van der Waals surface area contributed by atoms with Gasteiger partial charge in [-0.15, -0.1) is 0 Å². The van der Waals surface area contributed by atoms with Crippen molar-refractivity contribution < 1.29 is 9.31 Å². The Labute approximate surface area is 102 Å². The summed E-state index contributed by atoms with van der Waals surface area (Å²) in [5, 5.41) is 13.3. The second-order valence-electron chi connectivity index (χ2n) is 3.60. The van der Waals surface area contributed by atoms with E-state index in [1.165, 1.54) is 12.1 Å². The first-order valence-corrected chi connectivity index (χ1v) is 5.24. The number of rotatable bonds is 4. The molecule has 0 aliphatic rings. The molecule has 0 bridgehead atoms. The minimum absolute atomic E-state index is 0.214. The van der Waals surface area contributed by atoms with E-state index >= 15 is 0 Å². The quantitative estimate of drug-likeness (QED) is 0.666. The Morgan fingerprint density at radius 2 is 2.17 bits per heavy atom. The van der Waals surface area contributed by atoms with Gasteiger partial charge in [0.25, 0.3) is 5.69 Å². The summed E-state index contributed by atoms with van der Waals surface area (Å²) < 4.78 is 13.5.